The van der Waals surface area contributed by atoms with Crippen LogP contribution < -0.4 is 4.74 Å². The maximum atomic E-state index is 5.29. The molecule has 0 saturated heterocycles. The van der Waals surface area contributed by atoms with Crippen molar-refractivity contribution in [1.29, 1.82) is 0 Å². The molecule has 1 aromatic rings. The molecule has 0 aliphatic rings. The van der Waals surface area contributed by atoms with Gasteiger partial charge in [-0.2, -0.15) is 0 Å². The van der Waals surface area contributed by atoms with Crippen LogP contribution in [-0.2, 0) is 0 Å². The predicted octanol–water partition coefficient (Wildman–Crippen LogP) is 3.34. The van der Waals surface area contributed by atoms with E-state index in [1.165, 1.54) is 11.1 Å². The molecule has 0 atom stereocenters. The van der Waals surface area contributed by atoms with Crippen LogP contribution in [0.2, 0.25) is 0 Å². The number of hydrogen-bond donors (Lipinski definition) is 0. The minimum absolute atomic E-state index is 0.455. The summed E-state index contributed by atoms with van der Waals surface area (Å²) >= 11 is 0. The number of aromatic nitrogens is 1. The molecule has 2 heteroatoms. The molecule has 1 rings (SSSR count). The molecule has 0 radical (unpaired) electrons. The van der Waals surface area contributed by atoms with Gasteiger partial charge in [0.05, 0.1) is 7.11 Å². The first-order chi connectivity index (χ1) is 6.57. The molecule has 0 fully saturated rings. The van der Waals surface area contributed by atoms with Crippen LogP contribution in [0.1, 0.15) is 50.7 Å². The highest BCUT2D eigenvalue weighted by Gasteiger charge is 2.15. The summed E-state index contributed by atoms with van der Waals surface area (Å²) in [5, 5.41) is 0. The van der Waals surface area contributed by atoms with Gasteiger partial charge in [-0.1, -0.05) is 27.7 Å². The molecule has 2 nitrogen and oxygen atoms in total. The number of methoxy groups -OCH3 is 1. The fraction of sp³-hybridized carbons (Fsp3) is 0.583. The zero-order valence-corrected chi connectivity index (χ0v) is 9.66. The standard InChI is InChI=1S/C12H19NO/c1-8(2)10-6-7-13-12(14-5)11(10)9(3)4/h6-9H,1-5H3. The monoisotopic (exact) mass is 193 g/mol. The smallest absolute Gasteiger partial charge is 0.216 e. The van der Waals surface area contributed by atoms with Crippen molar-refractivity contribution in [3.05, 3.63) is 23.4 Å². The van der Waals surface area contributed by atoms with E-state index in [9.17, 15) is 0 Å². The number of nitrogens with zero attached hydrogens (tertiary/aromatic N) is 1. The molecule has 0 spiro atoms. The lowest BCUT2D eigenvalue weighted by atomic mass is 9.92. The van der Waals surface area contributed by atoms with E-state index in [0.717, 1.165) is 5.88 Å². The summed E-state index contributed by atoms with van der Waals surface area (Å²) in [5.74, 6) is 1.74. The average molecular weight is 193 g/mol. The van der Waals surface area contributed by atoms with Crippen LogP contribution in [0.25, 0.3) is 0 Å². The lowest BCUT2D eigenvalue weighted by molar-refractivity contribution is 0.389. The summed E-state index contributed by atoms with van der Waals surface area (Å²) < 4.78 is 5.29. The van der Waals surface area contributed by atoms with E-state index in [-0.39, 0.29) is 0 Å². The average Bonchev–Trinajstić information content (AvgIpc) is 2.16. The van der Waals surface area contributed by atoms with Gasteiger partial charge in [0.25, 0.3) is 0 Å². The normalized spacial score (nSPS) is 11.1. The SMILES string of the molecule is COc1nccc(C(C)C)c1C(C)C. The number of ether oxygens (including phenoxy) is 1. The molecule has 1 aromatic heterocycles. The number of rotatable bonds is 3. The van der Waals surface area contributed by atoms with E-state index in [1.54, 1.807) is 7.11 Å². The van der Waals surface area contributed by atoms with Gasteiger partial charge < -0.3 is 4.74 Å². The highest BCUT2D eigenvalue weighted by molar-refractivity contribution is 5.38. The quantitative estimate of drug-likeness (QED) is 0.734. The summed E-state index contributed by atoms with van der Waals surface area (Å²) in [6.07, 6.45) is 1.82. The third-order valence-corrected chi connectivity index (χ3v) is 2.38. The summed E-state index contributed by atoms with van der Waals surface area (Å²) in [6, 6.07) is 2.09. The Labute approximate surface area is 86.3 Å². The van der Waals surface area contributed by atoms with E-state index in [2.05, 4.69) is 38.7 Å². The lowest BCUT2D eigenvalue weighted by Gasteiger charge is -2.17. The van der Waals surface area contributed by atoms with Crippen molar-refractivity contribution < 1.29 is 4.74 Å². The van der Waals surface area contributed by atoms with Crippen LogP contribution in [0.15, 0.2) is 12.3 Å². The topological polar surface area (TPSA) is 22.1 Å². The van der Waals surface area contributed by atoms with Crippen LogP contribution >= 0.6 is 0 Å². The zero-order valence-electron chi connectivity index (χ0n) is 9.66. The lowest BCUT2D eigenvalue weighted by Crippen LogP contribution is -2.03. The predicted molar refractivity (Wildman–Crippen MR) is 59.0 cm³/mol. The van der Waals surface area contributed by atoms with Crippen molar-refractivity contribution in [2.24, 2.45) is 0 Å². The van der Waals surface area contributed by atoms with Crippen molar-refractivity contribution in [1.82, 2.24) is 4.98 Å². The molecule has 78 valence electrons. The summed E-state index contributed by atoms with van der Waals surface area (Å²) in [7, 11) is 1.68. The van der Waals surface area contributed by atoms with Crippen LogP contribution in [-0.4, -0.2) is 12.1 Å². The molecule has 0 aromatic carbocycles. The van der Waals surface area contributed by atoms with Gasteiger partial charge in [0.2, 0.25) is 5.88 Å². The van der Waals surface area contributed by atoms with Crippen molar-refractivity contribution in [2.75, 3.05) is 7.11 Å². The molecule has 0 bridgehead atoms. The molecular weight excluding hydrogens is 174 g/mol. The Hall–Kier alpha value is -1.05. The van der Waals surface area contributed by atoms with E-state index >= 15 is 0 Å². The molecule has 0 N–H and O–H groups in total. The minimum Gasteiger partial charge on any atom is -0.481 e. The van der Waals surface area contributed by atoms with Crippen molar-refractivity contribution in [3.63, 3.8) is 0 Å². The van der Waals surface area contributed by atoms with Gasteiger partial charge in [-0.15, -0.1) is 0 Å². The molecule has 14 heavy (non-hydrogen) atoms. The van der Waals surface area contributed by atoms with Gasteiger partial charge in [-0.05, 0) is 23.5 Å². The van der Waals surface area contributed by atoms with Gasteiger partial charge in [0.1, 0.15) is 0 Å². The molecule has 0 aliphatic carbocycles. The molecular formula is C12H19NO. The van der Waals surface area contributed by atoms with E-state index in [0.29, 0.717) is 11.8 Å². The van der Waals surface area contributed by atoms with Crippen molar-refractivity contribution in [3.8, 4) is 5.88 Å². The van der Waals surface area contributed by atoms with Crippen LogP contribution in [0, 0.1) is 0 Å². The molecule has 1 heterocycles. The Morgan fingerprint density at radius 1 is 1.14 bits per heavy atom. The third-order valence-electron chi connectivity index (χ3n) is 2.38. The Morgan fingerprint density at radius 3 is 2.21 bits per heavy atom. The molecule has 0 unspecified atom stereocenters. The second kappa shape index (κ2) is 4.45. The fourth-order valence-electron chi connectivity index (χ4n) is 1.71. The van der Waals surface area contributed by atoms with Gasteiger partial charge in [0.15, 0.2) is 0 Å². The van der Waals surface area contributed by atoms with Gasteiger partial charge >= 0.3 is 0 Å². The Bertz CT molecular complexity index is 305. The van der Waals surface area contributed by atoms with Gasteiger partial charge in [0, 0.05) is 11.8 Å². The maximum Gasteiger partial charge on any atom is 0.216 e. The van der Waals surface area contributed by atoms with Crippen LogP contribution in [0.4, 0.5) is 0 Å². The van der Waals surface area contributed by atoms with Crippen molar-refractivity contribution >= 4 is 0 Å². The first-order valence-corrected chi connectivity index (χ1v) is 5.10. The summed E-state index contributed by atoms with van der Waals surface area (Å²) in [5.41, 5.74) is 2.58. The Morgan fingerprint density at radius 2 is 1.79 bits per heavy atom. The summed E-state index contributed by atoms with van der Waals surface area (Å²) in [6.45, 7) is 8.73. The first kappa shape index (κ1) is 11.0. The summed E-state index contributed by atoms with van der Waals surface area (Å²) in [4.78, 5) is 4.24. The number of pyridine rings is 1. The molecule has 0 saturated carbocycles. The highest BCUT2D eigenvalue weighted by Crippen LogP contribution is 2.31. The van der Waals surface area contributed by atoms with E-state index in [4.69, 9.17) is 4.74 Å². The van der Waals surface area contributed by atoms with Gasteiger partial charge in [-0.25, -0.2) is 4.98 Å². The largest absolute Gasteiger partial charge is 0.481 e. The van der Waals surface area contributed by atoms with Crippen LogP contribution in [0.3, 0.4) is 0 Å². The van der Waals surface area contributed by atoms with E-state index < -0.39 is 0 Å². The zero-order chi connectivity index (χ0) is 10.7. The second-order valence-electron chi connectivity index (χ2n) is 4.13. The molecule has 0 amide bonds. The van der Waals surface area contributed by atoms with Crippen molar-refractivity contribution in [2.45, 2.75) is 39.5 Å². The van der Waals surface area contributed by atoms with Gasteiger partial charge in [-0.3, -0.25) is 0 Å². The molecule has 0 aliphatic heterocycles. The maximum absolute atomic E-state index is 5.29. The highest BCUT2D eigenvalue weighted by atomic mass is 16.5. The van der Waals surface area contributed by atoms with E-state index in [1.807, 2.05) is 6.20 Å². The Balaban J connectivity index is 3.28. The minimum atomic E-state index is 0.455. The first-order valence-electron chi connectivity index (χ1n) is 5.10. The van der Waals surface area contributed by atoms with Crippen LogP contribution in [0.5, 0.6) is 5.88 Å². The third kappa shape index (κ3) is 2.06. The Kier molecular flexibility index (Phi) is 3.50. The number of hydrogen-bond acceptors (Lipinski definition) is 2. The fourth-order valence-corrected chi connectivity index (χ4v) is 1.71. The second-order valence-corrected chi connectivity index (χ2v) is 4.13.